The molecule has 0 spiro atoms. The van der Waals surface area contributed by atoms with Gasteiger partial charge in [-0.2, -0.15) is 0 Å². The molecule has 1 atom stereocenters. The minimum absolute atomic E-state index is 0.0145. The molecule has 2 aromatic carbocycles. The normalized spacial score (nSPS) is 18.7. The molecule has 0 aromatic heterocycles. The molecule has 1 amide bonds. The number of rotatable bonds is 1. The monoisotopic (exact) mass is 308 g/mol. The van der Waals surface area contributed by atoms with Gasteiger partial charge in [0.25, 0.3) is 5.91 Å². The summed E-state index contributed by atoms with van der Waals surface area (Å²) in [4.78, 5) is 19.2. The van der Waals surface area contributed by atoms with Crippen molar-refractivity contribution in [1.29, 1.82) is 0 Å². The van der Waals surface area contributed by atoms with Gasteiger partial charge in [-0.15, -0.1) is 0 Å². The van der Waals surface area contributed by atoms with Crippen LogP contribution in [0.2, 0.25) is 0 Å². The number of hydrogen-bond acceptors (Lipinski definition) is 4. The first kappa shape index (κ1) is 13.8. The molecule has 0 fully saturated rings. The van der Waals surface area contributed by atoms with Gasteiger partial charge < -0.3 is 14.7 Å². The summed E-state index contributed by atoms with van der Waals surface area (Å²) in [6.07, 6.45) is 2.55. The molecular weight excluding hydrogens is 292 g/mol. The van der Waals surface area contributed by atoms with Gasteiger partial charge in [0.1, 0.15) is 0 Å². The quantitative estimate of drug-likeness (QED) is 0.881. The Morgan fingerprint density at radius 2 is 2.04 bits per heavy atom. The van der Waals surface area contributed by atoms with E-state index in [0.717, 1.165) is 6.42 Å². The highest BCUT2D eigenvalue weighted by atomic mass is 16.5. The second kappa shape index (κ2) is 5.12. The SMILES string of the molecule is COc1cc2c(cc1O)N=C[C@@H]1Cc3ccccc3CN1C2=O. The zero-order chi connectivity index (χ0) is 16.0. The highest BCUT2D eigenvalue weighted by Crippen LogP contribution is 2.37. The summed E-state index contributed by atoms with van der Waals surface area (Å²) in [6, 6.07) is 11.1. The molecular formula is C18H16N2O3. The van der Waals surface area contributed by atoms with E-state index in [-0.39, 0.29) is 23.4 Å². The molecule has 2 aromatic rings. The van der Waals surface area contributed by atoms with Crippen molar-refractivity contribution in [3.05, 3.63) is 53.1 Å². The molecule has 0 unspecified atom stereocenters. The number of phenolic OH excluding ortho intramolecular Hbond substituents is 1. The Kier molecular flexibility index (Phi) is 3.08. The molecule has 5 heteroatoms. The molecule has 0 radical (unpaired) electrons. The summed E-state index contributed by atoms with van der Waals surface area (Å²) < 4.78 is 5.12. The van der Waals surface area contributed by atoms with Crippen LogP contribution in [0.25, 0.3) is 0 Å². The van der Waals surface area contributed by atoms with Crippen molar-refractivity contribution in [2.24, 2.45) is 4.99 Å². The molecule has 0 saturated heterocycles. The highest BCUT2D eigenvalue weighted by molar-refractivity contribution is 6.03. The molecule has 4 rings (SSSR count). The van der Waals surface area contributed by atoms with E-state index in [4.69, 9.17) is 4.74 Å². The van der Waals surface area contributed by atoms with Gasteiger partial charge in [0.2, 0.25) is 0 Å². The smallest absolute Gasteiger partial charge is 0.257 e. The standard InChI is InChI=1S/C18H16N2O3/c1-23-17-7-14-15(8-16(17)21)19-9-13-6-11-4-2-3-5-12(11)10-20(13)18(14)22/h2-5,7-9,13,21H,6,10H2,1H3/t13-/m0/s1. The van der Waals surface area contributed by atoms with Crippen molar-refractivity contribution in [2.75, 3.05) is 7.11 Å². The fourth-order valence-electron chi connectivity index (χ4n) is 3.22. The second-order valence-electron chi connectivity index (χ2n) is 5.79. The third-order valence-electron chi connectivity index (χ3n) is 4.46. The number of methoxy groups -OCH3 is 1. The number of nitrogens with zero attached hydrogens (tertiary/aromatic N) is 2. The van der Waals surface area contributed by atoms with Crippen molar-refractivity contribution < 1.29 is 14.6 Å². The summed E-state index contributed by atoms with van der Waals surface area (Å²) in [6.45, 7) is 0.564. The van der Waals surface area contributed by atoms with Gasteiger partial charge in [-0.05, 0) is 23.6 Å². The number of carbonyl (C=O) groups excluding carboxylic acids is 1. The van der Waals surface area contributed by atoms with Gasteiger partial charge in [0.15, 0.2) is 11.5 Å². The zero-order valence-electron chi connectivity index (χ0n) is 12.7. The summed E-state index contributed by atoms with van der Waals surface area (Å²) in [5, 5.41) is 9.92. The van der Waals surface area contributed by atoms with E-state index in [1.54, 1.807) is 12.3 Å². The van der Waals surface area contributed by atoms with E-state index in [9.17, 15) is 9.90 Å². The van der Waals surface area contributed by atoms with Crippen LogP contribution in [0.5, 0.6) is 11.5 Å². The van der Waals surface area contributed by atoms with Crippen molar-refractivity contribution >= 4 is 17.8 Å². The van der Waals surface area contributed by atoms with Crippen LogP contribution in [0.1, 0.15) is 21.5 Å². The van der Waals surface area contributed by atoms with Gasteiger partial charge in [0.05, 0.1) is 24.4 Å². The van der Waals surface area contributed by atoms with Crippen LogP contribution >= 0.6 is 0 Å². The van der Waals surface area contributed by atoms with E-state index in [1.165, 1.54) is 24.3 Å². The van der Waals surface area contributed by atoms with Crippen LogP contribution in [0.4, 0.5) is 5.69 Å². The Bertz CT molecular complexity index is 829. The minimum atomic E-state index is -0.0877. The molecule has 1 N–H and O–H groups in total. The molecule has 0 bridgehead atoms. The summed E-state index contributed by atoms with van der Waals surface area (Å²) in [5.41, 5.74) is 3.35. The summed E-state index contributed by atoms with van der Waals surface area (Å²) >= 11 is 0. The van der Waals surface area contributed by atoms with Gasteiger partial charge in [-0.3, -0.25) is 9.79 Å². The maximum Gasteiger partial charge on any atom is 0.257 e. The van der Waals surface area contributed by atoms with Gasteiger partial charge in [-0.25, -0.2) is 0 Å². The van der Waals surface area contributed by atoms with Crippen molar-refractivity contribution in [2.45, 2.75) is 19.0 Å². The predicted octanol–water partition coefficient (Wildman–Crippen LogP) is 2.68. The van der Waals surface area contributed by atoms with Crippen molar-refractivity contribution in [1.82, 2.24) is 4.90 Å². The Morgan fingerprint density at radius 3 is 2.83 bits per heavy atom. The number of benzene rings is 2. The minimum Gasteiger partial charge on any atom is -0.504 e. The number of hydrogen-bond donors (Lipinski definition) is 1. The molecule has 23 heavy (non-hydrogen) atoms. The first-order chi connectivity index (χ1) is 11.2. The molecule has 0 aliphatic carbocycles. The average molecular weight is 308 g/mol. The van der Waals surface area contributed by atoms with Crippen LogP contribution in [0.3, 0.4) is 0 Å². The molecule has 2 aliphatic rings. The van der Waals surface area contributed by atoms with Crippen LogP contribution in [0, 0.1) is 0 Å². The lowest BCUT2D eigenvalue weighted by molar-refractivity contribution is 0.0703. The van der Waals surface area contributed by atoms with Crippen LogP contribution in [-0.4, -0.2) is 35.3 Å². The summed E-state index contributed by atoms with van der Waals surface area (Å²) in [5.74, 6) is 0.179. The predicted molar refractivity (Wildman–Crippen MR) is 86.6 cm³/mol. The van der Waals surface area contributed by atoms with Gasteiger partial charge >= 0.3 is 0 Å². The highest BCUT2D eigenvalue weighted by Gasteiger charge is 2.32. The average Bonchev–Trinajstić information content (AvgIpc) is 2.70. The first-order valence-corrected chi connectivity index (χ1v) is 7.50. The number of carbonyl (C=O) groups is 1. The fraction of sp³-hybridized carbons (Fsp3) is 0.222. The topological polar surface area (TPSA) is 62.1 Å². The zero-order valence-corrected chi connectivity index (χ0v) is 12.7. The van der Waals surface area contributed by atoms with Crippen molar-refractivity contribution in [3.63, 3.8) is 0 Å². The van der Waals surface area contributed by atoms with E-state index >= 15 is 0 Å². The first-order valence-electron chi connectivity index (χ1n) is 7.50. The second-order valence-corrected chi connectivity index (χ2v) is 5.79. The lowest BCUT2D eigenvalue weighted by Crippen LogP contribution is -2.44. The van der Waals surface area contributed by atoms with Crippen LogP contribution < -0.4 is 4.74 Å². The van der Waals surface area contributed by atoms with Crippen LogP contribution in [-0.2, 0) is 13.0 Å². The Balaban J connectivity index is 1.80. The Labute approximate surface area is 133 Å². The molecule has 116 valence electrons. The lowest BCUT2D eigenvalue weighted by Gasteiger charge is -2.34. The lowest BCUT2D eigenvalue weighted by atomic mass is 9.94. The Morgan fingerprint density at radius 1 is 1.26 bits per heavy atom. The van der Waals surface area contributed by atoms with Gasteiger partial charge in [-0.1, -0.05) is 24.3 Å². The molecule has 2 heterocycles. The number of aliphatic imine (C=N–C) groups is 1. The molecule has 0 saturated carbocycles. The maximum atomic E-state index is 13.0. The largest absolute Gasteiger partial charge is 0.504 e. The van der Waals surface area contributed by atoms with E-state index in [0.29, 0.717) is 17.8 Å². The maximum absolute atomic E-state index is 13.0. The van der Waals surface area contributed by atoms with E-state index in [2.05, 4.69) is 17.1 Å². The fourth-order valence-corrected chi connectivity index (χ4v) is 3.22. The van der Waals surface area contributed by atoms with Crippen LogP contribution in [0.15, 0.2) is 41.4 Å². The molecule has 5 nitrogen and oxygen atoms in total. The molecule has 2 aliphatic heterocycles. The summed E-state index contributed by atoms with van der Waals surface area (Å²) in [7, 11) is 1.46. The van der Waals surface area contributed by atoms with E-state index in [1.807, 2.05) is 17.0 Å². The number of fused-ring (bicyclic) bond motifs is 3. The van der Waals surface area contributed by atoms with E-state index < -0.39 is 0 Å². The number of phenols is 1. The third-order valence-corrected chi connectivity index (χ3v) is 4.46. The Hall–Kier alpha value is -2.82. The third kappa shape index (κ3) is 2.16. The van der Waals surface area contributed by atoms with Gasteiger partial charge in [0, 0.05) is 18.8 Å². The number of aromatic hydroxyl groups is 1. The van der Waals surface area contributed by atoms with Crippen molar-refractivity contribution in [3.8, 4) is 11.5 Å². The number of ether oxygens (including phenoxy) is 1. The number of amides is 1.